The zero-order valence-corrected chi connectivity index (χ0v) is 16.9. The van der Waals surface area contributed by atoms with E-state index in [4.69, 9.17) is 4.74 Å². The number of aryl methyl sites for hydroxylation is 1. The van der Waals surface area contributed by atoms with E-state index in [1.165, 1.54) is 23.1 Å². The van der Waals surface area contributed by atoms with Crippen molar-refractivity contribution in [3.05, 3.63) is 29.8 Å². The summed E-state index contributed by atoms with van der Waals surface area (Å²) in [4.78, 5) is 26.8. The molecule has 1 saturated heterocycles. The summed E-state index contributed by atoms with van der Waals surface area (Å²) in [6.45, 7) is 3.07. The van der Waals surface area contributed by atoms with Gasteiger partial charge in [0, 0.05) is 31.5 Å². The van der Waals surface area contributed by atoms with Crippen LogP contribution in [0.1, 0.15) is 18.9 Å². The highest BCUT2D eigenvalue weighted by molar-refractivity contribution is 8.01. The first-order valence-electron chi connectivity index (χ1n) is 8.76. The maximum atomic E-state index is 12.6. The highest BCUT2D eigenvalue weighted by Gasteiger charge is 2.36. The summed E-state index contributed by atoms with van der Waals surface area (Å²) in [7, 11) is 1.65. The van der Waals surface area contributed by atoms with Crippen LogP contribution < -0.4 is 10.2 Å². The minimum atomic E-state index is -0.393. The van der Waals surface area contributed by atoms with Gasteiger partial charge < -0.3 is 15.0 Å². The van der Waals surface area contributed by atoms with Crippen molar-refractivity contribution in [3.8, 4) is 0 Å². The first kappa shape index (κ1) is 19.8. The number of rotatable bonds is 8. The topological polar surface area (TPSA) is 84.4 Å². The minimum Gasteiger partial charge on any atom is -0.384 e. The minimum absolute atomic E-state index is 0.0240. The monoisotopic (exact) mass is 406 g/mol. The molecule has 0 spiro atoms. The number of amides is 2. The molecule has 2 amide bonds. The third-order valence-electron chi connectivity index (χ3n) is 4.31. The van der Waals surface area contributed by atoms with Crippen LogP contribution in [-0.4, -0.2) is 48.0 Å². The van der Waals surface area contributed by atoms with Crippen molar-refractivity contribution < 1.29 is 14.3 Å². The molecule has 0 aliphatic carbocycles. The van der Waals surface area contributed by atoms with Gasteiger partial charge in [-0.3, -0.25) is 9.59 Å². The quantitative estimate of drug-likeness (QED) is 0.412. The van der Waals surface area contributed by atoms with Crippen LogP contribution in [0.15, 0.2) is 28.6 Å². The highest BCUT2D eigenvalue weighted by Crippen LogP contribution is 2.30. The SMILES string of the molecule is CCc1ccccc1N1CC(C(=O)Nc2nnc(SCCOC)s2)CC1=O. The number of benzene rings is 1. The zero-order valence-electron chi connectivity index (χ0n) is 15.3. The lowest BCUT2D eigenvalue weighted by atomic mass is 10.1. The summed E-state index contributed by atoms with van der Waals surface area (Å²) < 4.78 is 5.79. The number of ether oxygens (including phenoxy) is 1. The molecule has 0 saturated carbocycles. The molecule has 1 aromatic carbocycles. The van der Waals surface area contributed by atoms with E-state index in [1.807, 2.05) is 24.3 Å². The van der Waals surface area contributed by atoms with E-state index in [0.29, 0.717) is 18.3 Å². The summed E-state index contributed by atoms with van der Waals surface area (Å²) >= 11 is 2.86. The lowest BCUT2D eigenvalue weighted by Crippen LogP contribution is -2.28. The van der Waals surface area contributed by atoms with Gasteiger partial charge in [-0.25, -0.2) is 0 Å². The number of aromatic nitrogens is 2. The second-order valence-corrected chi connectivity index (χ2v) is 8.41. The van der Waals surface area contributed by atoms with E-state index in [9.17, 15) is 9.59 Å². The summed E-state index contributed by atoms with van der Waals surface area (Å²) in [5.41, 5.74) is 2.00. The van der Waals surface area contributed by atoms with E-state index in [0.717, 1.165) is 27.8 Å². The average Bonchev–Trinajstić information content (AvgIpc) is 3.28. The lowest BCUT2D eigenvalue weighted by molar-refractivity contribution is -0.122. The Labute approximate surface area is 166 Å². The van der Waals surface area contributed by atoms with Crippen LogP contribution in [-0.2, 0) is 20.7 Å². The fourth-order valence-corrected chi connectivity index (χ4v) is 4.65. The molecule has 7 nitrogen and oxygen atoms in total. The molecule has 1 aliphatic heterocycles. The first-order valence-corrected chi connectivity index (χ1v) is 10.6. The highest BCUT2D eigenvalue weighted by atomic mass is 32.2. The van der Waals surface area contributed by atoms with Gasteiger partial charge in [-0.05, 0) is 18.1 Å². The average molecular weight is 407 g/mol. The van der Waals surface area contributed by atoms with Crippen LogP contribution in [0, 0.1) is 5.92 Å². The molecule has 0 radical (unpaired) electrons. The van der Waals surface area contributed by atoms with Gasteiger partial charge in [0.25, 0.3) is 0 Å². The molecule has 1 aromatic heterocycles. The predicted molar refractivity (Wildman–Crippen MR) is 107 cm³/mol. The van der Waals surface area contributed by atoms with Crippen LogP contribution in [0.5, 0.6) is 0 Å². The van der Waals surface area contributed by atoms with Crippen molar-refractivity contribution in [2.24, 2.45) is 5.92 Å². The molecule has 1 aliphatic rings. The van der Waals surface area contributed by atoms with E-state index in [1.54, 1.807) is 12.0 Å². The Bertz CT molecular complexity index is 811. The van der Waals surface area contributed by atoms with E-state index < -0.39 is 5.92 Å². The maximum Gasteiger partial charge on any atom is 0.231 e. The van der Waals surface area contributed by atoms with Crippen molar-refractivity contribution in [1.82, 2.24) is 10.2 Å². The number of thioether (sulfide) groups is 1. The number of nitrogens with one attached hydrogen (secondary N) is 1. The number of methoxy groups -OCH3 is 1. The molecule has 9 heteroatoms. The van der Waals surface area contributed by atoms with E-state index in [-0.39, 0.29) is 18.2 Å². The molecule has 1 unspecified atom stereocenters. The number of nitrogens with zero attached hydrogens (tertiary/aromatic N) is 3. The molecule has 1 fully saturated rings. The third kappa shape index (κ3) is 4.85. The molecular formula is C18H22N4O3S2. The van der Waals surface area contributed by atoms with Crippen molar-refractivity contribution in [2.75, 3.05) is 36.2 Å². The summed E-state index contributed by atoms with van der Waals surface area (Å²) in [6, 6.07) is 7.83. The first-order chi connectivity index (χ1) is 13.1. The molecule has 144 valence electrons. The van der Waals surface area contributed by atoms with Gasteiger partial charge in [-0.2, -0.15) is 0 Å². The molecule has 2 heterocycles. The summed E-state index contributed by atoms with van der Waals surface area (Å²) in [5, 5.41) is 11.3. The molecule has 1 atom stereocenters. The van der Waals surface area contributed by atoms with Crippen LogP contribution >= 0.6 is 23.1 Å². The van der Waals surface area contributed by atoms with Gasteiger partial charge in [0.05, 0.1) is 12.5 Å². The van der Waals surface area contributed by atoms with Crippen molar-refractivity contribution >= 4 is 45.7 Å². The largest absolute Gasteiger partial charge is 0.384 e. The molecule has 0 bridgehead atoms. The Balaban J connectivity index is 1.61. The number of hydrogen-bond acceptors (Lipinski definition) is 7. The number of carbonyl (C=O) groups excluding carboxylic acids is 2. The van der Waals surface area contributed by atoms with Gasteiger partial charge in [0.2, 0.25) is 16.9 Å². The molecule has 27 heavy (non-hydrogen) atoms. The van der Waals surface area contributed by atoms with Gasteiger partial charge in [0.15, 0.2) is 4.34 Å². The summed E-state index contributed by atoms with van der Waals surface area (Å²) in [6.07, 6.45) is 1.04. The Morgan fingerprint density at radius 2 is 2.22 bits per heavy atom. The lowest BCUT2D eigenvalue weighted by Gasteiger charge is -2.19. The smallest absolute Gasteiger partial charge is 0.231 e. The third-order valence-corrected chi connectivity index (χ3v) is 6.25. The van der Waals surface area contributed by atoms with Gasteiger partial charge >= 0.3 is 0 Å². The van der Waals surface area contributed by atoms with Crippen LogP contribution in [0.4, 0.5) is 10.8 Å². The molecule has 1 N–H and O–H groups in total. The zero-order chi connectivity index (χ0) is 19.2. The van der Waals surface area contributed by atoms with Crippen LogP contribution in [0.25, 0.3) is 0 Å². The fourth-order valence-electron chi connectivity index (χ4n) is 2.93. The Morgan fingerprint density at radius 3 is 3.00 bits per heavy atom. The summed E-state index contributed by atoms with van der Waals surface area (Å²) in [5.74, 6) is 0.173. The van der Waals surface area contributed by atoms with E-state index >= 15 is 0 Å². The predicted octanol–water partition coefficient (Wildman–Crippen LogP) is 2.83. The van der Waals surface area contributed by atoms with Gasteiger partial charge in [-0.1, -0.05) is 48.2 Å². The standard InChI is InChI=1S/C18H22N4O3S2/c1-3-12-6-4-5-7-14(12)22-11-13(10-15(22)23)16(24)19-17-20-21-18(27-17)26-9-8-25-2/h4-7,13H,3,8-11H2,1-2H3,(H,19,20,24). The molecule has 2 aromatic rings. The number of anilines is 2. The Hall–Kier alpha value is -1.97. The number of para-hydroxylation sites is 1. The number of hydrogen-bond donors (Lipinski definition) is 1. The van der Waals surface area contributed by atoms with Gasteiger partial charge in [0.1, 0.15) is 0 Å². The fraction of sp³-hybridized carbons (Fsp3) is 0.444. The van der Waals surface area contributed by atoms with Crippen molar-refractivity contribution in [1.29, 1.82) is 0 Å². The Morgan fingerprint density at radius 1 is 1.41 bits per heavy atom. The second kappa shape index (κ2) is 9.29. The molecular weight excluding hydrogens is 384 g/mol. The second-order valence-electron chi connectivity index (χ2n) is 6.09. The van der Waals surface area contributed by atoms with Crippen LogP contribution in [0.3, 0.4) is 0 Å². The Kier molecular flexibility index (Phi) is 6.81. The van der Waals surface area contributed by atoms with E-state index in [2.05, 4.69) is 22.4 Å². The maximum absolute atomic E-state index is 12.6. The number of carbonyl (C=O) groups is 2. The van der Waals surface area contributed by atoms with Crippen molar-refractivity contribution in [3.63, 3.8) is 0 Å². The van der Waals surface area contributed by atoms with Crippen LogP contribution in [0.2, 0.25) is 0 Å². The molecule has 3 rings (SSSR count). The van der Waals surface area contributed by atoms with Gasteiger partial charge in [-0.15, -0.1) is 10.2 Å². The van der Waals surface area contributed by atoms with Crippen molar-refractivity contribution in [2.45, 2.75) is 24.1 Å². The normalized spacial score (nSPS) is 16.7.